The fourth-order valence-electron chi connectivity index (χ4n) is 2.46. The molecule has 2 heterocycles. The first-order valence-corrected chi connectivity index (χ1v) is 9.06. The quantitative estimate of drug-likeness (QED) is 0.621. The van der Waals surface area contributed by atoms with Gasteiger partial charge in [0.25, 0.3) is 0 Å². The van der Waals surface area contributed by atoms with Crippen LogP contribution in [0.2, 0.25) is 10.0 Å². The van der Waals surface area contributed by atoms with Crippen molar-refractivity contribution in [3.8, 4) is 17.0 Å². The van der Waals surface area contributed by atoms with Crippen LogP contribution in [0.15, 0.2) is 36.5 Å². The summed E-state index contributed by atoms with van der Waals surface area (Å²) in [6, 6.07) is 8.49. The number of carbonyl (C=O) groups is 1. The van der Waals surface area contributed by atoms with E-state index in [9.17, 15) is 9.90 Å². The van der Waals surface area contributed by atoms with Crippen molar-refractivity contribution in [3.63, 3.8) is 0 Å². The number of benzene rings is 1. The zero-order valence-corrected chi connectivity index (χ0v) is 16.3. The Morgan fingerprint density at radius 3 is 2.65 bits per heavy atom. The summed E-state index contributed by atoms with van der Waals surface area (Å²) in [5, 5.41) is 10.5. The third-order valence-electron chi connectivity index (χ3n) is 3.49. The van der Waals surface area contributed by atoms with Crippen molar-refractivity contribution >= 4 is 34.8 Å². The summed E-state index contributed by atoms with van der Waals surface area (Å²) in [6.07, 6.45) is 1.85. The summed E-state index contributed by atoms with van der Waals surface area (Å²) in [5.41, 5.74) is 2.60. The fraction of sp³-hybridized carbons (Fsp3) is 0.263. The SMILES string of the molecule is CC.CCOC(=O)Cc1cn2c(-c3cc(O)c(Cl)cc3Cl)cccc2n1. The van der Waals surface area contributed by atoms with Crippen molar-refractivity contribution in [2.45, 2.75) is 27.2 Å². The standard InChI is InChI=1S/C17H14Cl2N2O3.C2H6/c1-2-24-17(23)6-10-9-21-14(4-3-5-16(21)20-10)11-7-15(22)13(19)8-12(11)18;1-2/h3-5,7-9,22H,2,6H2,1H3;1-2H3. The number of fused-ring (bicyclic) bond motifs is 1. The first-order chi connectivity index (χ1) is 12.5. The van der Waals surface area contributed by atoms with Crippen LogP contribution in [-0.4, -0.2) is 27.1 Å². The fourth-order valence-corrected chi connectivity index (χ4v) is 2.94. The van der Waals surface area contributed by atoms with Gasteiger partial charge in [-0.3, -0.25) is 9.20 Å². The number of esters is 1. The molecule has 0 amide bonds. The number of ether oxygens (including phenoxy) is 1. The number of aromatic nitrogens is 2. The van der Waals surface area contributed by atoms with Crippen LogP contribution in [0, 0.1) is 0 Å². The molecule has 0 unspecified atom stereocenters. The highest BCUT2D eigenvalue weighted by atomic mass is 35.5. The molecular formula is C19H20Cl2N2O3. The molecule has 0 bridgehead atoms. The molecule has 0 aliphatic heterocycles. The van der Waals surface area contributed by atoms with Gasteiger partial charge in [0.2, 0.25) is 0 Å². The van der Waals surface area contributed by atoms with Crippen LogP contribution in [0.5, 0.6) is 5.75 Å². The average molecular weight is 395 g/mol. The van der Waals surface area contributed by atoms with Crippen LogP contribution in [0.1, 0.15) is 26.5 Å². The van der Waals surface area contributed by atoms with Gasteiger partial charge in [-0.25, -0.2) is 4.98 Å². The van der Waals surface area contributed by atoms with Crippen LogP contribution < -0.4 is 0 Å². The summed E-state index contributed by atoms with van der Waals surface area (Å²) in [4.78, 5) is 16.1. The van der Waals surface area contributed by atoms with Crippen LogP contribution in [0.25, 0.3) is 16.9 Å². The minimum Gasteiger partial charge on any atom is -0.506 e. The topological polar surface area (TPSA) is 63.8 Å². The van der Waals surface area contributed by atoms with Gasteiger partial charge in [-0.1, -0.05) is 43.1 Å². The van der Waals surface area contributed by atoms with Crippen molar-refractivity contribution in [3.05, 3.63) is 52.3 Å². The van der Waals surface area contributed by atoms with Crippen molar-refractivity contribution in [1.82, 2.24) is 9.38 Å². The number of carbonyl (C=O) groups excluding carboxylic acids is 1. The van der Waals surface area contributed by atoms with E-state index >= 15 is 0 Å². The van der Waals surface area contributed by atoms with E-state index in [4.69, 9.17) is 27.9 Å². The highest BCUT2D eigenvalue weighted by Crippen LogP contribution is 2.36. The molecule has 0 atom stereocenters. The largest absolute Gasteiger partial charge is 0.506 e. The molecule has 0 aliphatic rings. The number of phenols is 1. The summed E-state index contributed by atoms with van der Waals surface area (Å²) in [5.74, 6) is -0.385. The van der Waals surface area contributed by atoms with E-state index in [0.29, 0.717) is 28.5 Å². The first-order valence-electron chi connectivity index (χ1n) is 8.30. The Kier molecular flexibility index (Phi) is 6.89. The molecule has 1 aromatic carbocycles. The van der Waals surface area contributed by atoms with E-state index in [1.807, 2.05) is 36.4 Å². The van der Waals surface area contributed by atoms with E-state index in [2.05, 4.69) is 4.98 Å². The summed E-state index contributed by atoms with van der Waals surface area (Å²) in [7, 11) is 0. The third kappa shape index (κ3) is 4.29. The number of hydrogen-bond acceptors (Lipinski definition) is 4. The predicted octanol–water partition coefficient (Wildman–Crippen LogP) is 5.15. The lowest BCUT2D eigenvalue weighted by Gasteiger charge is -2.09. The molecular weight excluding hydrogens is 375 g/mol. The Labute approximate surface area is 162 Å². The van der Waals surface area contributed by atoms with Crippen LogP contribution in [0.4, 0.5) is 0 Å². The zero-order chi connectivity index (χ0) is 19.3. The highest BCUT2D eigenvalue weighted by molar-refractivity contribution is 6.37. The maximum Gasteiger partial charge on any atom is 0.311 e. The number of pyridine rings is 1. The normalized spacial score (nSPS) is 10.3. The molecule has 1 N–H and O–H groups in total. The Hall–Kier alpha value is -2.24. The lowest BCUT2D eigenvalue weighted by molar-refractivity contribution is -0.142. The van der Waals surface area contributed by atoms with E-state index in [1.54, 1.807) is 13.1 Å². The number of aromatic hydroxyl groups is 1. The molecule has 2 aromatic heterocycles. The van der Waals surface area contributed by atoms with Crippen LogP contribution >= 0.6 is 23.2 Å². The van der Waals surface area contributed by atoms with Crippen molar-refractivity contribution in [1.29, 1.82) is 0 Å². The smallest absolute Gasteiger partial charge is 0.311 e. The van der Waals surface area contributed by atoms with Crippen molar-refractivity contribution in [2.24, 2.45) is 0 Å². The number of nitrogens with zero attached hydrogens (tertiary/aromatic N) is 2. The van der Waals surface area contributed by atoms with Gasteiger partial charge in [-0.15, -0.1) is 0 Å². The molecule has 138 valence electrons. The molecule has 0 radical (unpaired) electrons. The minimum atomic E-state index is -0.329. The lowest BCUT2D eigenvalue weighted by atomic mass is 10.1. The van der Waals surface area contributed by atoms with Gasteiger partial charge in [0.05, 0.1) is 34.5 Å². The molecule has 3 aromatic rings. The zero-order valence-electron chi connectivity index (χ0n) is 14.8. The average Bonchev–Trinajstić information content (AvgIpc) is 3.02. The number of halogens is 2. The first kappa shape index (κ1) is 20.1. The molecule has 0 saturated carbocycles. The van der Waals surface area contributed by atoms with E-state index in [-0.39, 0.29) is 23.2 Å². The van der Waals surface area contributed by atoms with E-state index < -0.39 is 0 Å². The molecule has 3 rings (SSSR count). The molecule has 26 heavy (non-hydrogen) atoms. The summed E-state index contributed by atoms with van der Waals surface area (Å²) >= 11 is 12.1. The Bertz CT molecular complexity index is 923. The van der Waals surface area contributed by atoms with Gasteiger partial charge >= 0.3 is 5.97 Å². The highest BCUT2D eigenvalue weighted by Gasteiger charge is 2.14. The third-order valence-corrected chi connectivity index (χ3v) is 4.10. The summed E-state index contributed by atoms with van der Waals surface area (Å²) < 4.78 is 6.76. The van der Waals surface area contributed by atoms with Crippen LogP contribution in [-0.2, 0) is 16.0 Å². The van der Waals surface area contributed by atoms with Gasteiger partial charge in [-0.05, 0) is 31.2 Å². The van der Waals surface area contributed by atoms with Gasteiger partial charge in [-0.2, -0.15) is 0 Å². The monoisotopic (exact) mass is 394 g/mol. The Balaban J connectivity index is 0.00000117. The van der Waals surface area contributed by atoms with Gasteiger partial charge in [0, 0.05) is 11.8 Å². The van der Waals surface area contributed by atoms with E-state index in [1.165, 1.54) is 12.1 Å². The number of imidazole rings is 1. The maximum absolute atomic E-state index is 11.6. The van der Waals surface area contributed by atoms with Gasteiger partial charge < -0.3 is 9.84 Å². The minimum absolute atomic E-state index is 0.0556. The van der Waals surface area contributed by atoms with Gasteiger partial charge in [0.1, 0.15) is 11.4 Å². The Morgan fingerprint density at radius 2 is 1.96 bits per heavy atom. The maximum atomic E-state index is 11.6. The molecule has 0 spiro atoms. The lowest BCUT2D eigenvalue weighted by Crippen LogP contribution is -2.07. The molecule has 0 aliphatic carbocycles. The predicted molar refractivity (Wildman–Crippen MR) is 104 cm³/mol. The van der Waals surface area contributed by atoms with E-state index in [0.717, 1.165) is 5.69 Å². The Morgan fingerprint density at radius 1 is 1.23 bits per heavy atom. The number of rotatable bonds is 4. The second-order valence-electron chi connectivity index (χ2n) is 5.14. The van der Waals surface area contributed by atoms with Crippen molar-refractivity contribution in [2.75, 3.05) is 6.61 Å². The van der Waals surface area contributed by atoms with Crippen molar-refractivity contribution < 1.29 is 14.6 Å². The molecule has 0 fully saturated rings. The van der Waals surface area contributed by atoms with Gasteiger partial charge in [0.15, 0.2) is 0 Å². The number of phenolic OH excluding ortho intramolecular Hbond substituents is 1. The molecule has 7 heteroatoms. The summed E-state index contributed by atoms with van der Waals surface area (Å²) in [6.45, 7) is 6.09. The second-order valence-corrected chi connectivity index (χ2v) is 5.95. The van der Waals surface area contributed by atoms with Crippen LogP contribution in [0.3, 0.4) is 0 Å². The molecule has 5 nitrogen and oxygen atoms in total. The second kappa shape index (κ2) is 8.92. The molecule has 0 saturated heterocycles. The number of hydrogen-bond donors (Lipinski definition) is 1.